The number of carbonyl (C=O) groups excluding carboxylic acids is 1. The number of methoxy groups -OCH3 is 1. The third kappa shape index (κ3) is 1.34. The number of fused-ring (bicyclic) bond motifs is 3. The van der Waals surface area contributed by atoms with E-state index >= 15 is 0 Å². The van der Waals surface area contributed by atoms with Gasteiger partial charge in [0.25, 0.3) is 0 Å². The molecule has 0 fully saturated rings. The molecule has 0 bridgehead atoms. The van der Waals surface area contributed by atoms with Crippen LogP contribution < -0.4 is 4.74 Å². The molecule has 0 amide bonds. The Balaban J connectivity index is 2.52. The average Bonchev–Trinajstić information content (AvgIpc) is 2.71. The van der Waals surface area contributed by atoms with Crippen molar-refractivity contribution in [2.45, 2.75) is 0 Å². The van der Waals surface area contributed by atoms with Gasteiger partial charge < -0.3 is 9.30 Å². The van der Waals surface area contributed by atoms with Crippen molar-refractivity contribution in [3.05, 3.63) is 42.0 Å². The van der Waals surface area contributed by atoms with Gasteiger partial charge in [0.2, 0.25) is 0 Å². The Morgan fingerprint density at radius 1 is 1.11 bits per heavy atom. The number of ether oxygens (including phenoxy) is 1. The number of benzene rings is 2. The highest BCUT2D eigenvalue weighted by Crippen LogP contribution is 2.32. The van der Waals surface area contributed by atoms with Crippen molar-refractivity contribution in [1.82, 2.24) is 4.57 Å². The van der Waals surface area contributed by atoms with E-state index in [0.717, 1.165) is 22.7 Å². The lowest BCUT2D eigenvalue weighted by molar-refractivity contribution is 0.112. The lowest BCUT2D eigenvalue weighted by Gasteiger charge is -2.04. The van der Waals surface area contributed by atoms with Gasteiger partial charge in [-0.1, -0.05) is 18.2 Å². The Kier molecular flexibility index (Phi) is 2.33. The van der Waals surface area contributed by atoms with E-state index in [0.29, 0.717) is 11.3 Å². The van der Waals surface area contributed by atoms with E-state index < -0.39 is 0 Å². The maximum Gasteiger partial charge on any atom is 0.153 e. The largest absolute Gasteiger partial charge is 0.496 e. The molecule has 1 heterocycles. The molecule has 0 saturated heterocycles. The van der Waals surface area contributed by atoms with Gasteiger partial charge in [-0.15, -0.1) is 0 Å². The zero-order chi connectivity index (χ0) is 12.7. The predicted molar refractivity (Wildman–Crippen MR) is 72.4 cm³/mol. The molecule has 0 atom stereocenters. The van der Waals surface area contributed by atoms with Crippen molar-refractivity contribution in [3.8, 4) is 5.75 Å². The van der Waals surface area contributed by atoms with E-state index in [1.165, 1.54) is 5.39 Å². The Hall–Kier alpha value is -2.29. The van der Waals surface area contributed by atoms with Crippen molar-refractivity contribution in [2.24, 2.45) is 7.05 Å². The molecule has 0 saturated carbocycles. The lowest BCUT2D eigenvalue weighted by Crippen LogP contribution is -1.92. The van der Waals surface area contributed by atoms with Crippen molar-refractivity contribution in [1.29, 1.82) is 0 Å². The summed E-state index contributed by atoms with van der Waals surface area (Å²) in [5.74, 6) is 0.619. The van der Waals surface area contributed by atoms with Crippen LogP contribution in [0.5, 0.6) is 5.75 Å². The van der Waals surface area contributed by atoms with Gasteiger partial charge in [0, 0.05) is 28.9 Å². The van der Waals surface area contributed by atoms with Crippen LogP contribution in [0.3, 0.4) is 0 Å². The van der Waals surface area contributed by atoms with Gasteiger partial charge in [0.05, 0.1) is 12.7 Å². The zero-order valence-corrected chi connectivity index (χ0v) is 10.3. The Bertz CT molecular complexity index is 756. The average molecular weight is 239 g/mol. The SMILES string of the molecule is COc1cc2c3ccccc3n(C)c2cc1C=O. The molecule has 3 heteroatoms. The molecule has 1 aromatic heterocycles. The Labute approximate surface area is 105 Å². The molecule has 0 N–H and O–H groups in total. The molecule has 2 aromatic carbocycles. The zero-order valence-electron chi connectivity index (χ0n) is 10.3. The molecule has 0 radical (unpaired) electrons. The predicted octanol–water partition coefficient (Wildman–Crippen LogP) is 3.15. The van der Waals surface area contributed by atoms with Crippen LogP contribution in [0.1, 0.15) is 10.4 Å². The third-order valence-corrected chi connectivity index (χ3v) is 3.39. The first-order valence-electron chi connectivity index (χ1n) is 5.76. The van der Waals surface area contributed by atoms with E-state index in [-0.39, 0.29) is 0 Å². The highest BCUT2D eigenvalue weighted by molar-refractivity contribution is 6.09. The van der Waals surface area contributed by atoms with Gasteiger partial charge in [-0.25, -0.2) is 0 Å². The first kappa shape index (κ1) is 10.8. The van der Waals surface area contributed by atoms with E-state index in [1.54, 1.807) is 7.11 Å². The third-order valence-electron chi connectivity index (χ3n) is 3.39. The number of hydrogen-bond donors (Lipinski definition) is 0. The molecule has 0 aliphatic rings. The molecule has 0 aliphatic heterocycles. The lowest BCUT2D eigenvalue weighted by atomic mass is 10.1. The molecule has 3 rings (SSSR count). The number of carbonyl (C=O) groups is 1. The van der Waals surface area contributed by atoms with E-state index in [1.807, 2.05) is 31.3 Å². The summed E-state index contributed by atoms with van der Waals surface area (Å²) in [5, 5.41) is 2.28. The second-order valence-corrected chi connectivity index (χ2v) is 4.31. The number of aryl methyl sites for hydroxylation is 1. The Morgan fingerprint density at radius 2 is 1.89 bits per heavy atom. The molecule has 18 heavy (non-hydrogen) atoms. The molecule has 90 valence electrons. The van der Waals surface area contributed by atoms with Gasteiger partial charge in [0.1, 0.15) is 5.75 Å². The van der Waals surface area contributed by atoms with Crippen LogP contribution >= 0.6 is 0 Å². The number of para-hydroxylation sites is 1. The fourth-order valence-electron chi connectivity index (χ4n) is 2.47. The minimum atomic E-state index is 0.580. The molecule has 3 nitrogen and oxygen atoms in total. The van der Waals surface area contributed by atoms with Gasteiger partial charge in [0.15, 0.2) is 6.29 Å². The summed E-state index contributed by atoms with van der Waals surface area (Å²) >= 11 is 0. The molecule has 3 aromatic rings. The molecular weight excluding hydrogens is 226 g/mol. The van der Waals surface area contributed by atoms with Crippen molar-refractivity contribution in [3.63, 3.8) is 0 Å². The van der Waals surface area contributed by atoms with Crippen molar-refractivity contribution in [2.75, 3.05) is 7.11 Å². The normalized spacial score (nSPS) is 11.0. The smallest absolute Gasteiger partial charge is 0.153 e. The number of aldehydes is 1. The second-order valence-electron chi connectivity index (χ2n) is 4.31. The number of hydrogen-bond acceptors (Lipinski definition) is 2. The van der Waals surface area contributed by atoms with Crippen LogP contribution in [0.2, 0.25) is 0 Å². The van der Waals surface area contributed by atoms with Crippen LogP contribution in [-0.2, 0) is 7.05 Å². The standard InChI is InChI=1S/C15H13NO2/c1-16-13-6-4-3-5-11(13)12-8-15(18-2)10(9-17)7-14(12)16/h3-9H,1-2H3. The quantitative estimate of drug-likeness (QED) is 0.643. The number of rotatable bonds is 2. The summed E-state index contributed by atoms with van der Waals surface area (Å²) in [7, 11) is 3.59. The Morgan fingerprint density at radius 3 is 2.61 bits per heavy atom. The maximum atomic E-state index is 11.1. The highest BCUT2D eigenvalue weighted by Gasteiger charge is 2.11. The van der Waals surface area contributed by atoms with Crippen molar-refractivity contribution < 1.29 is 9.53 Å². The van der Waals surface area contributed by atoms with Gasteiger partial charge in [-0.3, -0.25) is 4.79 Å². The first-order valence-corrected chi connectivity index (χ1v) is 5.76. The molecular formula is C15H13NO2. The minimum Gasteiger partial charge on any atom is -0.496 e. The van der Waals surface area contributed by atoms with Gasteiger partial charge in [-0.2, -0.15) is 0 Å². The summed E-state index contributed by atoms with van der Waals surface area (Å²) in [6, 6.07) is 12.0. The molecule has 0 spiro atoms. The molecule has 0 unspecified atom stereocenters. The van der Waals surface area contributed by atoms with Crippen LogP contribution in [0, 0.1) is 0 Å². The van der Waals surface area contributed by atoms with Crippen LogP contribution in [0.4, 0.5) is 0 Å². The summed E-state index contributed by atoms with van der Waals surface area (Å²) in [6.07, 6.45) is 0.829. The van der Waals surface area contributed by atoms with Gasteiger partial charge >= 0.3 is 0 Å². The maximum absolute atomic E-state index is 11.1. The van der Waals surface area contributed by atoms with E-state index in [2.05, 4.69) is 16.7 Å². The first-order chi connectivity index (χ1) is 8.76. The fraction of sp³-hybridized carbons (Fsp3) is 0.133. The summed E-state index contributed by atoms with van der Waals surface area (Å²) in [4.78, 5) is 11.1. The highest BCUT2D eigenvalue weighted by atomic mass is 16.5. The fourth-order valence-corrected chi connectivity index (χ4v) is 2.47. The minimum absolute atomic E-state index is 0.580. The van der Waals surface area contributed by atoms with E-state index in [9.17, 15) is 4.79 Å². The summed E-state index contributed by atoms with van der Waals surface area (Å²) in [6.45, 7) is 0. The van der Waals surface area contributed by atoms with Crippen LogP contribution in [0.25, 0.3) is 21.8 Å². The van der Waals surface area contributed by atoms with E-state index in [4.69, 9.17) is 4.74 Å². The van der Waals surface area contributed by atoms with Crippen LogP contribution in [0.15, 0.2) is 36.4 Å². The van der Waals surface area contributed by atoms with Crippen molar-refractivity contribution >= 4 is 28.1 Å². The second kappa shape index (κ2) is 3.88. The van der Waals surface area contributed by atoms with Crippen LogP contribution in [-0.4, -0.2) is 18.0 Å². The number of nitrogens with zero attached hydrogens (tertiary/aromatic N) is 1. The monoisotopic (exact) mass is 239 g/mol. The number of aromatic nitrogens is 1. The van der Waals surface area contributed by atoms with Gasteiger partial charge in [-0.05, 0) is 18.2 Å². The molecule has 0 aliphatic carbocycles. The topological polar surface area (TPSA) is 31.2 Å². The summed E-state index contributed by atoms with van der Waals surface area (Å²) < 4.78 is 7.36. The summed E-state index contributed by atoms with van der Waals surface area (Å²) in [5.41, 5.74) is 2.77.